The average molecular weight is 864 g/mol. The first-order chi connectivity index (χ1) is 23.3. The van der Waals surface area contributed by atoms with E-state index in [9.17, 15) is 9.90 Å². The van der Waals surface area contributed by atoms with E-state index in [-0.39, 0.29) is 48.9 Å². The maximum atomic E-state index is 11.7. The van der Waals surface area contributed by atoms with E-state index in [0.29, 0.717) is 5.89 Å². The van der Waals surface area contributed by atoms with Crippen LogP contribution in [0.5, 0.6) is 0 Å². The number of nitrogens with zero attached hydrogens (tertiary/aromatic N) is 2. The zero-order chi connectivity index (χ0) is 35.5. The van der Waals surface area contributed by atoms with Crippen molar-refractivity contribution in [2.75, 3.05) is 0 Å². The summed E-state index contributed by atoms with van der Waals surface area (Å²) in [7, 11) is -1.88. The Bertz CT molecular complexity index is 2030. The zero-order valence-corrected chi connectivity index (χ0v) is 34.4. The monoisotopic (exact) mass is 864 g/mol. The number of rotatable bonds is 9. The van der Waals surface area contributed by atoms with Crippen molar-refractivity contribution in [3.8, 4) is 11.3 Å². The normalized spacial score (nSPS) is 14.0. The third-order valence-corrected chi connectivity index (χ3v) is 13.6. The van der Waals surface area contributed by atoms with Gasteiger partial charge in [0.2, 0.25) is 5.89 Å². The quantitative estimate of drug-likeness (QED) is 0.0691. The fourth-order valence-corrected chi connectivity index (χ4v) is 9.76. The van der Waals surface area contributed by atoms with Gasteiger partial charge in [-0.2, -0.15) is 0 Å². The number of benzene rings is 3. The van der Waals surface area contributed by atoms with E-state index in [2.05, 4.69) is 101 Å². The molecule has 3 aromatic carbocycles. The summed E-state index contributed by atoms with van der Waals surface area (Å²) in [6, 6.07) is 24.9. The molecule has 3 heterocycles. The molecule has 2 aromatic heterocycles. The molecule has 0 spiro atoms. The van der Waals surface area contributed by atoms with Gasteiger partial charge in [-0.05, 0) is 47.9 Å². The number of aliphatic hydroxyl groups is 1. The van der Waals surface area contributed by atoms with E-state index in [1.54, 1.807) is 0 Å². The summed E-state index contributed by atoms with van der Waals surface area (Å²) in [5, 5.41) is 14.7. The molecule has 5 aromatic rings. The van der Waals surface area contributed by atoms with Gasteiger partial charge in [-0.25, -0.2) is 4.98 Å². The molecule has 265 valence electrons. The molecule has 0 fully saturated rings. The molecule has 6 rings (SSSR count). The van der Waals surface area contributed by atoms with E-state index < -0.39 is 8.07 Å². The number of carbonyl (C=O) groups is 1. The Morgan fingerprint density at radius 1 is 0.940 bits per heavy atom. The molecule has 50 heavy (non-hydrogen) atoms. The van der Waals surface area contributed by atoms with Crippen LogP contribution >= 0.6 is 0 Å². The summed E-state index contributed by atoms with van der Waals surface area (Å²) in [4.78, 5) is 21.4. The van der Waals surface area contributed by atoms with Crippen LogP contribution in [-0.4, -0.2) is 28.9 Å². The van der Waals surface area contributed by atoms with Gasteiger partial charge in [0.15, 0.2) is 5.78 Å². The number of aliphatic hydroxyl groups excluding tert-OH is 1. The van der Waals surface area contributed by atoms with E-state index in [1.165, 1.54) is 33.0 Å². The van der Waals surface area contributed by atoms with Crippen LogP contribution in [0.25, 0.3) is 44.4 Å². The third kappa shape index (κ3) is 7.96. The van der Waals surface area contributed by atoms with Gasteiger partial charge in [0, 0.05) is 55.1 Å². The molecule has 0 aliphatic carbocycles. The minimum atomic E-state index is -1.88. The van der Waals surface area contributed by atoms with Gasteiger partial charge in [-0.3, -0.25) is 9.78 Å². The number of ketones is 1. The second-order valence-electron chi connectivity index (χ2n) is 14.7. The Kier molecular flexibility index (Phi) is 12.6. The van der Waals surface area contributed by atoms with E-state index in [4.69, 9.17) is 14.4 Å². The van der Waals surface area contributed by atoms with Crippen LogP contribution in [0.1, 0.15) is 91.2 Å². The molecule has 0 amide bonds. The molecule has 0 atom stereocenters. The van der Waals surface area contributed by atoms with Crippen LogP contribution < -0.4 is 5.19 Å². The Morgan fingerprint density at radius 3 is 2.22 bits per heavy atom. The van der Waals surface area contributed by atoms with Crippen LogP contribution in [0.2, 0.25) is 13.1 Å². The summed E-state index contributed by atoms with van der Waals surface area (Å²) in [5.41, 5.74) is 5.84. The second-order valence-corrected chi connectivity index (χ2v) is 19.0. The van der Waals surface area contributed by atoms with Crippen LogP contribution in [-0.2, 0) is 30.3 Å². The number of allylic oxidation sites excluding steroid dienone is 2. The van der Waals surface area contributed by atoms with Crippen molar-refractivity contribution in [2.24, 2.45) is 11.8 Å². The van der Waals surface area contributed by atoms with Crippen LogP contribution in [0.3, 0.4) is 0 Å². The summed E-state index contributed by atoms with van der Waals surface area (Å²) >= 11 is 0. The predicted octanol–water partition coefficient (Wildman–Crippen LogP) is 11.0. The fourth-order valence-electron chi connectivity index (χ4n) is 6.92. The molecule has 1 aliphatic rings. The van der Waals surface area contributed by atoms with E-state index in [1.807, 2.05) is 40.0 Å². The first-order valence-corrected chi connectivity index (χ1v) is 20.8. The summed E-state index contributed by atoms with van der Waals surface area (Å²) in [5.74, 6) is 1.26. The molecular weight excluding hydrogens is 813 g/mol. The van der Waals surface area contributed by atoms with Crippen molar-refractivity contribution in [2.45, 2.75) is 92.7 Å². The number of hydrogen-bond acceptors (Lipinski definition) is 5. The van der Waals surface area contributed by atoms with Gasteiger partial charge in [-0.1, -0.05) is 121 Å². The molecule has 1 aliphatic heterocycles. The van der Waals surface area contributed by atoms with Crippen LogP contribution in [0.4, 0.5) is 0 Å². The Labute approximate surface area is 312 Å². The molecule has 1 N–H and O–H groups in total. The number of oxazole rings is 1. The topological polar surface area (TPSA) is 76.2 Å². The molecule has 7 heteroatoms. The Balaban J connectivity index is 0.000000301. The minimum Gasteiger partial charge on any atom is -0.512 e. The van der Waals surface area contributed by atoms with Crippen molar-refractivity contribution in [3.63, 3.8) is 0 Å². The standard InChI is InChI=1S/C30H27N2OSi.C13H24O2.Ir/c1-30(2,3)23-17-21(16-19-10-6-8-12-22(19)23)27-28-24(14-15-31-27)32-29(33-28)26-18-20-11-7-9-13-25(20)34(26,4)5;1-5-10(6-2)12(14)9-13(15)11(7-3)8-4;/h6-15,17-18H,1-5H3;9-11,14H,5-8H2,1-4H3;/q-1;;/b;12-9-;. The van der Waals surface area contributed by atoms with Crippen molar-refractivity contribution in [3.05, 3.63) is 102 Å². The summed E-state index contributed by atoms with van der Waals surface area (Å²) in [6.45, 7) is 19.5. The number of aromatic nitrogens is 2. The molecule has 1 radical (unpaired) electrons. The van der Waals surface area contributed by atoms with Gasteiger partial charge < -0.3 is 9.52 Å². The van der Waals surface area contributed by atoms with Crippen molar-refractivity contribution >= 4 is 52.2 Å². The van der Waals surface area contributed by atoms with Gasteiger partial charge in [0.25, 0.3) is 0 Å². The maximum Gasteiger partial charge on any atom is 0.218 e. The number of fused-ring (bicyclic) bond motifs is 3. The van der Waals surface area contributed by atoms with Crippen molar-refractivity contribution in [1.82, 2.24) is 9.97 Å². The summed E-state index contributed by atoms with van der Waals surface area (Å²) in [6.07, 6.45) is 8.99. The smallest absolute Gasteiger partial charge is 0.218 e. The fraction of sp³-hybridized carbons (Fsp3) is 0.372. The second kappa shape index (κ2) is 16.1. The molecular formula is C43H51IrN2O3Si-. The van der Waals surface area contributed by atoms with Gasteiger partial charge in [0.05, 0.1) is 5.76 Å². The van der Waals surface area contributed by atoms with E-state index in [0.717, 1.165) is 53.4 Å². The van der Waals surface area contributed by atoms with Crippen LogP contribution in [0.15, 0.2) is 83.1 Å². The number of hydrogen-bond donors (Lipinski definition) is 1. The van der Waals surface area contributed by atoms with Crippen LogP contribution in [0, 0.1) is 17.9 Å². The third-order valence-electron chi connectivity index (χ3n) is 10.1. The number of pyridine rings is 1. The first kappa shape index (κ1) is 39.1. The molecule has 5 nitrogen and oxygen atoms in total. The largest absolute Gasteiger partial charge is 0.512 e. The maximum absolute atomic E-state index is 11.7. The molecule has 0 bridgehead atoms. The van der Waals surface area contributed by atoms with Gasteiger partial charge in [0.1, 0.15) is 19.2 Å². The van der Waals surface area contributed by atoms with E-state index >= 15 is 0 Å². The molecule has 0 saturated carbocycles. The Morgan fingerprint density at radius 2 is 1.58 bits per heavy atom. The first-order valence-electron chi connectivity index (χ1n) is 17.8. The zero-order valence-electron chi connectivity index (χ0n) is 31.0. The van der Waals surface area contributed by atoms with Gasteiger partial charge >= 0.3 is 0 Å². The van der Waals surface area contributed by atoms with Crippen molar-refractivity contribution in [1.29, 1.82) is 0 Å². The SMILES string of the molecule is CC(C)(C)c1cc(-c2nccc3nc(C4=Cc5ccccc5[Si]4(C)C)oc23)[c-]c2ccccc12.CCC(CC)C(=O)/C=C(\O)C(CC)CC.[Ir]. The molecule has 0 saturated heterocycles. The average Bonchev–Trinajstić information content (AvgIpc) is 3.63. The Hall–Kier alpha value is -3.64. The predicted molar refractivity (Wildman–Crippen MR) is 208 cm³/mol. The summed E-state index contributed by atoms with van der Waals surface area (Å²) < 4.78 is 6.51. The van der Waals surface area contributed by atoms with Crippen molar-refractivity contribution < 1.29 is 34.4 Å². The van der Waals surface area contributed by atoms with Gasteiger partial charge in [-0.15, -0.1) is 29.1 Å². The molecule has 0 unspecified atom stereocenters. The number of carbonyl (C=O) groups excluding carboxylic acids is 1. The minimum absolute atomic E-state index is 0.